The normalized spacial score (nSPS) is 10.5. The maximum absolute atomic E-state index is 11.2. The first-order valence-corrected chi connectivity index (χ1v) is 6.91. The summed E-state index contributed by atoms with van der Waals surface area (Å²) < 4.78 is 0. The van der Waals surface area contributed by atoms with Crippen molar-refractivity contribution in [3.63, 3.8) is 0 Å². The first kappa shape index (κ1) is 13.7. The maximum atomic E-state index is 11.2. The van der Waals surface area contributed by atoms with E-state index in [1.54, 1.807) is 6.20 Å². The highest BCUT2D eigenvalue weighted by atomic mass is 32.1. The number of carbonyl (C=O) groups is 1. The van der Waals surface area contributed by atoms with Gasteiger partial charge in [-0.05, 0) is 30.5 Å². The molecule has 100 valence electrons. The number of thiazole rings is 1. The largest absolute Gasteiger partial charge is 0.322 e. The summed E-state index contributed by atoms with van der Waals surface area (Å²) in [6.07, 6.45) is 2.64. The second-order valence-corrected chi connectivity index (χ2v) is 5.54. The smallest absolute Gasteiger partial charge is 0.239 e. The lowest BCUT2D eigenvalue weighted by atomic mass is 10.0. The number of anilines is 1. The number of aromatic nitrogens is 1. The number of amides is 1. The van der Waals surface area contributed by atoms with Gasteiger partial charge in [-0.25, -0.2) is 4.98 Å². The lowest BCUT2D eigenvalue weighted by Gasteiger charge is -2.06. The van der Waals surface area contributed by atoms with E-state index in [2.05, 4.69) is 42.3 Å². The highest BCUT2D eigenvalue weighted by Crippen LogP contribution is 2.23. The van der Waals surface area contributed by atoms with Crippen LogP contribution in [0.3, 0.4) is 0 Å². The van der Waals surface area contributed by atoms with E-state index in [1.165, 1.54) is 28.0 Å². The van der Waals surface area contributed by atoms with Gasteiger partial charge in [0.15, 0.2) is 5.13 Å². The number of nitrogens with two attached hydrogens (primary N) is 1. The Labute approximate surface area is 116 Å². The summed E-state index contributed by atoms with van der Waals surface area (Å²) >= 11 is 1.49. The predicted octanol–water partition coefficient (Wildman–Crippen LogP) is 2.25. The van der Waals surface area contributed by atoms with Crippen LogP contribution in [-0.2, 0) is 11.2 Å². The average Bonchev–Trinajstić information content (AvgIpc) is 2.82. The van der Waals surface area contributed by atoms with Crippen molar-refractivity contribution in [2.24, 2.45) is 5.73 Å². The van der Waals surface area contributed by atoms with Crippen LogP contribution >= 0.6 is 11.3 Å². The van der Waals surface area contributed by atoms with Crippen LogP contribution in [0.5, 0.6) is 0 Å². The highest BCUT2D eigenvalue weighted by molar-refractivity contribution is 7.15. The molecule has 1 amide bonds. The van der Waals surface area contributed by atoms with Crippen LogP contribution < -0.4 is 11.1 Å². The van der Waals surface area contributed by atoms with Crippen molar-refractivity contribution in [3.8, 4) is 0 Å². The van der Waals surface area contributed by atoms with Gasteiger partial charge in [-0.1, -0.05) is 18.2 Å². The van der Waals surface area contributed by atoms with Crippen LogP contribution in [0.15, 0.2) is 24.4 Å². The van der Waals surface area contributed by atoms with Crippen molar-refractivity contribution in [2.75, 3.05) is 11.9 Å². The van der Waals surface area contributed by atoms with Crippen LogP contribution in [0, 0.1) is 13.8 Å². The lowest BCUT2D eigenvalue weighted by molar-refractivity contribution is -0.114. The molecule has 0 saturated carbocycles. The second-order valence-electron chi connectivity index (χ2n) is 4.42. The monoisotopic (exact) mass is 275 g/mol. The number of benzene rings is 1. The quantitative estimate of drug-likeness (QED) is 0.899. The third-order valence-corrected chi connectivity index (χ3v) is 3.98. The SMILES string of the molecule is Cc1cccc(Cc2cnc(NC(=O)CN)s2)c1C. The minimum Gasteiger partial charge on any atom is -0.322 e. The molecule has 2 aromatic rings. The summed E-state index contributed by atoms with van der Waals surface area (Å²) in [5, 5.41) is 3.27. The van der Waals surface area contributed by atoms with Crippen LogP contribution in [0.25, 0.3) is 0 Å². The summed E-state index contributed by atoms with van der Waals surface area (Å²) in [6.45, 7) is 4.22. The van der Waals surface area contributed by atoms with E-state index < -0.39 is 0 Å². The maximum Gasteiger partial charge on any atom is 0.239 e. The Bertz CT molecular complexity index is 592. The molecule has 4 nitrogen and oxygen atoms in total. The van der Waals surface area contributed by atoms with Gasteiger partial charge in [0.05, 0.1) is 6.54 Å². The van der Waals surface area contributed by atoms with Gasteiger partial charge in [-0.15, -0.1) is 11.3 Å². The molecular formula is C14H17N3OS. The zero-order valence-electron chi connectivity index (χ0n) is 11.1. The molecule has 0 radical (unpaired) electrons. The molecule has 0 unspecified atom stereocenters. The molecule has 0 atom stereocenters. The molecule has 1 aromatic carbocycles. The van der Waals surface area contributed by atoms with Crippen molar-refractivity contribution in [1.82, 2.24) is 4.98 Å². The molecule has 2 rings (SSSR count). The van der Waals surface area contributed by atoms with E-state index in [9.17, 15) is 4.79 Å². The molecule has 0 aliphatic rings. The third-order valence-electron chi connectivity index (χ3n) is 3.07. The first-order valence-electron chi connectivity index (χ1n) is 6.10. The summed E-state index contributed by atoms with van der Waals surface area (Å²) in [5.74, 6) is -0.215. The Hall–Kier alpha value is -1.72. The molecule has 0 bridgehead atoms. The van der Waals surface area contributed by atoms with E-state index in [-0.39, 0.29) is 12.5 Å². The zero-order chi connectivity index (χ0) is 13.8. The highest BCUT2D eigenvalue weighted by Gasteiger charge is 2.07. The Kier molecular flexibility index (Phi) is 4.29. The minimum absolute atomic E-state index is 0.0219. The molecule has 0 saturated heterocycles. The molecule has 0 spiro atoms. The topological polar surface area (TPSA) is 68.0 Å². The van der Waals surface area contributed by atoms with E-state index in [0.29, 0.717) is 5.13 Å². The Balaban J connectivity index is 2.11. The molecule has 0 fully saturated rings. The number of aryl methyl sites for hydroxylation is 1. The van der Waals surface area contributed by atoms with Crippen LogP contribution in [0.4, 0.5) is 5.13 Å². The molecule has 5 heteroatoms. The van der Waals surface area contributed by atoms with Gasteiger partial charge < -0.3 is 11.1 Å². The van der Waals surface area contributed by atoms with Crippen LogP contribution in [0.1, 0.15) is 21.6 Å². The summed E-state index contributed by atoms with van der Waals surface area (Å²) in [6, 6.07) is 6.30. The number of nitrogens with one attached hydrogen (secondary N) is 1. The van der Waals surface area contributed by atoms with E-state index in [0.717, 1.165) is 11.3 Å². The Morgan fingerprint density at radius 3 is 2.95 bits per heavy atom. The fourth-order valence-corrected chi connectivity index (χ4v) is 2.66. The van der Waals surface area contributed by atoms with Gasteiger partial charge >= 0.3 is 0 Å². The van der Waals surface area contributed by atoms with Gasteiger partial charge in [0, 0.05) is 17.5 Å². The number of hydrogen-bond acceptors (Lipinski definition) is 4. The Morgan fingerprint density at radius 2 is 2.21 bits per heavy atom. The van der Waals surface area contributed by atoms with Gasteiger partial charge in [0.25, 0.3) is 0 Å². The fourth-order valence-electron chi connectivity index (χ4n) is 1.81. The van der Waals surface area contributed by atoms with Gasteiger partial charge in [0.1, 0.15) is 0 Å². The van der Waals surface area contributed by atoms with E-state index in [4.69, 9.17) is 5.73 Å². The summed E-state index contributed by atoms with van der Waals surface area (Å²) in [4.78, 5) is 16.5. The fraction of sp³-hybridized carbons (Fsp3) is 0.286. The molecule has 0 aliphatic carbocycles. The number of carbonyl (C=O) groups excluding carboxylic acids is 1. The second kappa shape index (κ2) is 5.95. The van der Waals surface area contributed by atoms with Crippen molar-refractivity contribution in [1.29, 1.82) is 0 Å². The molecule has 3 N–H and O–H groups in total. The van der Waals surface area contributed by atoms with E-state index >= 15 is 0 Å². The number of hydrogen-bond donors (Lipinski definition) is 2. The van der Waals surface area contributed by atoms with Gasteiger partial charge in [0.2, 0.25) is 5.91 Å². The average molecular weight is 275 g/mol. The number of nitrogens with zero attached hydrogens (tertiary/aromatic N) is 1. The van der Waals surface area contributed by atoms with Gasteiger partial charge in [-0.2, -0.15) is 0 Å². The van der Waals surface area contributed by atoms with Crippen LogP contribution in [-0.4, -0.2) is 17.4 Å². The van der Waals surface area contributed by atoms with Crippen molar-refractivity contribution < 1.29 is 4.79 Å². The molecular weight excluding hydrogens is 258 g/mol. The molecule has 0 aliphatic heterocycles. The zero-order valence-corrected chi connectivity index (χ0v) is 11.9. The van der Waals surface area contributed by atoms with Crippen LogP contribution in [0.2, 0.25) is 0 Å². The van der Waals surface area contributed by atoms with Gasteiger partial charge in [-0.3, -0.25) is 4.79 Å². The first-order chi connectivity index (χ1) is 9.10. The predicted molar refractivity (Wildman–Crippen MR) is 78.5 cm³/mol. The molecule has 1 aromatic heterocycles. The summed E-state index contributed by atoms with van der Waals surface area (Å²) in [5.41, 5.74) is 9.14. The van der Waals surface area contributed by atoms with E-state index in [1.807, 2.05) is 0 Å². The van der Waals surface area contributed by atoms with Crippen molar-refractivity contribution in [2.45, 2.75) is 20.3 Å². The Morgan fingerprint density at radius 1 is 1.42 bits per heavy atom. The minimum atomic E-state index is -0.215. The number of rotatable bonds is 4. The third kappa shape index (κ3) is 3.39. The molecule has 1 heterocycles. The summed E-state index contributed by atoms with van der Waals surface area (Å²) in [7, 11) is 0. The standard InChI is InChI=1S/C14H17N3OS/c1-9-4-3-5-11(10(9)2)6-12-8-16-14(19-12)17-13(18)7-15/h3-5,8H,6-7,15H2,1-2H3,(H,16,17,18). The lowest BCUT2D eigenvalue weighted by Crippen LogP contribution is -2.21. The van der Waals surface area contributed by atoms with Crippen molar-refractivity contribution >= 4 is 22.4 Å². The molecule has 19 heavy (non-hydrogen) atoms. The van der Waals surface area contributed by atoms with Crippen molar-refractivity contribution in [3.05, 3.63) is 46.0 Å².